The van der Waals surface area contributed by atoms with Gasteiger partial charge in [0.1, 0.15) is 0 Å². The molecule has 0 saturated carbocycles. The van der Waals surface area contributed by atoms with Crippen molar-refractivity contribution in [2.75, 3.05) is 16.7 Å². The van der Waals surface area contributed by atoms with Crippen molar-refractivity contribution >= 4 is 39.1 Å². The molecule has 7 nitrogen and oxygen atoms in total. The molecular formula is C13H15ClN2O5S. The first-order valence-corrected chi connectivity index (χ1v) is 8.52. The van der Waals surface area contributed by atoms with Gasteiger partial charge in [-0.25, -0.2) is 12.7 Å². The summed E-state index contributed by atoms with van der Waals surface area (Å²) in [6.07, 6.45) is -0.0893. The molecule has 1 fully saturated rings. The van der Waals surface area contributed by atoms with Crippen LogP contribution in [0.4, 0.5) is 5.69 Å². The summed E-state index contributed by atoms with van der Waals surface area (Å²) in [6, 6.07) is 3.50. The summed E-state index contributed by atoms with van der Waals surface area (Å²) in [5, 5.41) is 11.6. The van der Waals surface area contributed by atoms with Gasteiger partial charge in [0.25, 0.3) is 5.91 Å². The number of rotatable bonds is 4. The second-order valence-corrected chi connectivity index (χ2v) is 7.29. The monoisotopic (exact) mass is 346 g/mol. The van der Waals surface area contributed by atoms with E-state index in [0.717, 1.165) is 0 Å². The zero-order valence-corrected chi connectivity index (χ0v) is 13.3. The maximum Gasteiger partial charge on any atom is 0.253 e. The summed E-state index contributed by atoms with van der Waals surface area (Å²) in [7, 11) is -3.70. The Hall–Kier alpha value is -1.64. The summed E-state index contributed by atoms with van der Waals surface area (Å²) in [5.41, 5.74) is 0.114. The van der Waals surface area contributed by atoms with Gasteiger partial charge in [-0.3, -0.25) is 9.59 Å². The molecular weight excluding hydrogens is 332 g/mol. The third kappa shape index (κ3) is 3.23. The van der Waals surface area contributed by atoms with Gasteiger partial charge >= 0.3 is 0 Å². The smallest absolute Gasteiger partial charge is 0.253 e. The minimum absolute atomic E-state index is 0.0365. The third-order valence-corrected chi connectivity index (χ3v) is 5.18. The second kappa shape index (κ2) is 6.23. The molecule has 2 rings (SSSR count). The fourth-order valence-electron chi connectivity index (χ4n) is 2.03. The number of nitrogens with one attached hydrogen (secondary N) is 1. The molecule has 0 unspecified atom stereocenters. The van der Waals surface area contributed by atoms with Crippen molar-refractivity contribution in [2.45, 2.75) is 19.4 Å². The third-order valence-electron chi connectivity index (χ3n) is 3.16. The highest BCUT2D eigenvalue weighted by atomic mass is 35.5. The van der Waals surface area contributed by atoms with Crippen LogP contribution in [0.3, 0.4) is 0 Å². The number of aliphatic hydroxyl groups is 1. The van der Waals surface area contributed by atoms with Crippen LogP contribution in [0.5, 0.6) is 0 Å². The number of aliphatic hydroxyl groups excluding tert-OH is 1. The molecule has 1 heterocycles. The van der Waals surface area contributed by atoms with Crippen molar-refractivity contribution in [3.05, 3.63) is 28.8 Å². The van der Waals surface area contributed by atoms with Crippen molar-refractivity contribution in [2.24, 2.45) is 0 Å². The molecule has 0 spiro atoms. The number of hydrogen-bond acceptors (Lipinski definition) is 5. The zero-order chi connectivity index (χ0) is 16.5. The second-order valence-electron chi connectivity index (χ2n) is 4.95. The van der Waals surface area contributed by atoms with Crippen LogP contribution in [0.25, 0.3) is 0 Å². The Labute approximate surface area is 132 Å². The van der Waals surface area contributed by atoms with Crippen LogP contribution in [0.2, 0.25) is 5.02 Å². The van der Waals surface area contributed by atoms with E-state index in [0.29, 0.717) is 4.31 Å². The molecule has 0 aliphatic carbocycles. The van der Waals surface area contributed by atoms with E-state index in [1.165, 1.54) is 18.2 Å². The normalized spacial score (nSPS) is 18.3. The maximum atomic E-state index is 12.1. The molecule has 0 aromatic heterocycles. The maximum absolute atomic E-state index is 12.1. The molecule has 0 bridgehead atoms. The molecule has 1 aromatic carbocycles. The Balaban J connectivity index is 2.39. The van der Waals surface area contributed by atoms with Crippen LogP contribution >= 0.6 is 11.6 Å². The quantitative estimate of drug-likeness (QED) is 0.827. The van der Waals surface area contributed by atoms with E-state index in [4.69, 9.17) is 16.7 Å². The summed E-state index contributed by atoms with van der Waals surface area (Å²) in [5.74, 6) is -1.35. The molecule has 9 heteroatoms. The summed E-state index contributed by atoms with van der Waals surface area (Å²) in [4.78, 5) is 23.8. The predicted molar refractivity (Wildman–Crippen MR) is 81.4 cm³/mol. The van der Waals surface area contributed by atoms with E-state index in [9.17, 15) is 18.0 Å². The number of halogens is 1. The van der Waals surface area contributed by atoms with Crippen molar-refractivity contribution in [3.63, 3.8) is 0 Å². The van der Waals surface area contributed by atoms with Crippen molar-refractivity contribution < 1.29 is 23.1 Å². The van der Waals surface area contributed by atoms with Crippen LogP contribution in [-0.2, 0) is 14.8 Å². The van der Waals surface area contributed by atoms with E-state index in [2.05, 4.69) is 5.32 Å². The highest BCUT2D eigenvalue weighted by Gasteiger charge is 2.36. The first-order chi connectivity index (χ1) is 10.3. The summed E-state index contributed by atoms with van der Waals surface area (Å²) in [6.45, 7) is 1.35. The van der Waals surface area contributed by atoms with Crippen LogP contribution in [-0.4, -0.2) is 43.7 Å². The first-order valence-electron chi connectivity index (χ1n) is 6.53. The molecule has 1 aliphatic rings. The number of hydrogen-bond donors (Lipinski definition) is 2. The SMILES string of the molecule is C[C@@H](CO)NC(=O)c1cc(N2C(=O)CCS2(=O)=O)ccc1Cl. The summed E-state index contributed by atoms with van der Waals surface area (Å²) >= 11 is 5.96. The predicted octanol–water partition coefficient (Wildman–Crippen LogP) is 0.517. The fourth-order valence-corrected chi connectivity index (χ4v) is 3.68. The Bertz CT molecular complexity index is 719. The van der Waals surface area contributed by atoms with E-state index in [1.54, 1.807) is 6.92 Å². The number of nitrogens with zero attached hydrogens (tertiary/aromatic N) is 1. The Morgan fingerprint density at radius 1 is 1.50 bits per heavy atom. The van der Waals surface area contributed by atoms with Crippen LogP contribution in [0, 0.1) is 0 Å². The minimum Gasteiger partial charge on any atom is -0.394 e. The molecule has 2 N–H and O–H groups in total. The number of sulfonamides is 1. The van der Waals surface area contributed by atoms with E-state index < -0.39 is 27.9 Å². The van der Waals surface area contributed by atoms with Gasteiger partial charge in [0.15, 0.2) is 0 Å². The molecule has 1 aliphatic heterocycles. The lowest BCUT2D eigenvalue weighted by Gasteiger charge is -2.17. The fraction of sp³-hybridized carbons (Fsp3) is 0.385. The summed E-state index contributed by atoms with van der Waals surface area (Å²) < 4.78 is 24.5. The number of anilines is 1. The van der Waals surface area contributed by atoms with Crippen LogP contribution in [0.15, 0.2) is 18.2 Å². The van der Waals surface area contributed by atoms with Gasteiger partial charge in [0.2, 0.25) is 15.9 Å². The Morgan fingerprint density at radius 2 is 2.18 bits per heavy atom. The lowest BCUT2D eigenvalue weighted by molar-refractivity contribution is -0.116. The van der Waals surface area contributed by atoms with E-state index in [-0.39, 0.29) is 35.1 Å². The number of carbonyl (C=O) groups excluding carboxylic acids is 2. The van der Waals surface area contributed by atoms with Crippen LogP contribution < -0.4 is 9.62 Å². The standard InChI is InChI=1S/C13H15ClN2O5S/c1-8(7-17)15-13(19)10-6-9(2-3-11(10)14)16-12(18)4-5-22(16,20)21/h2-3,6,8,17H,4-5,7H2,1H3,(H,15,19)/t8-/m0/s1. The van der Waals surface area contributed by atoms with Gasteiger partial charge in [-0.05, 0) is 25.1 Å². The van der Waals surface area contributed by atoms with Crippen LogP contribution in [0.1, 0.15) is 23.7 Å². The molecule has 22 heavy (non-hydrogen) atoms. The molecule has 2 amide bonds. The lowest BCUT2D eigenvalue weighted by atomic mass is 10.1. The molecule has 1 aromatic rings. The van der Waals surface area contributed by atoms with Gasteiger partial charge in [0, 0.05) is 12.5 Å². The number of carbonyl (C=O) groups is 2. The highest BCUT2D eigenvalue weighted by molar-refractivity contribution is 7.94. The van der Waals surface area contributed by atoms with E-state index in [1.807, 2.05) is 0 Å². The van der Waals surface area contributed by atoms with Gasteiger partial charge in [-0.2, -0.15) is 0 Å². The number of benzene rings is 1. The van der Waals surface area contributed by atoms with Crippen molar-refractivity contribution in [1.29, 1.82) is 0 Å². The topological polar surface area (TPSA) is 104 Å². The zero-order valence-electron chi connectivity index (χ0n) is 11.7. The largest absolute Gasteiger partial charge is 0.394 e. The van der Waals surface area contributed by atoms with E-state index >= 15 is 0 Å². The molecule has 0 radical (unpaired) electrons. The van der Waals surface area contributed by atoms with Gasteiger partial charge in [-0.1, -0.05) is 11.6 Å². The number of amides is 2. The first kappa shape index (κ1) is 16.7. The van der Waals surface area contributed by atoms with Gasteiger partial charge in [-0.15, -0.1) is 0 Å². The van der Waals surface area contributed by atoms with Gasteiger partial charge < -0.3 is 10.4 Å². The van der Waals surface area contributed by atoms with Gasteiger partial charge in [0.05, 0.1) is 28.6 Å². The Kier molecular flexibility index (Phi) is 4.74. The van der Waals surface area contributed by atoms with Crippen molar-refractivity contribution in [1.82, 2.24) is 5.32 Å². The molecule has 120 valence electrons. The Morgan fingerprint density at radius 3 is 2.73 bits per heavy atom. The average Bonchev–Trinajstić information content (AvgIpc) is 2.73. The molecule has 1 saturated heterocycles. The van der Waals surface area contributed by atoms with Crippen molar-refractivity contribution in [3.8, 4) is 0 Å². The minimum atomic E-state index is -3.70. The highest BCUT2D eigenvalue weighted by Crippen LogP contribution is 2.29. The average molecular weight is 347 g/mol. The lowest BCUT2D eigenvalue weighted by Crippen LogP contribution is -2.35. The molecule has 1 atom stereocenters.